The number of halogens is 1. The number of carbonyl (C=O) groups is 1. The second-order valence-corrected chi connectivity index (χ2v) is 9.99. The molecule has 1 amide bonds. The molecule has 0 radical (unpaired) electrons. The minimum atomic E-state index is -3.68. The van der Waals surface area contributed by atoms with Crippen molar-refractivity contribution in [3.63, 3.8) is 0 Å². The van der Waals surface area contributed by atoms with Gasteiger partial charge in [0.15, 0.2) is 0 Å². The summed E-state index contributed by atoms with van der Waals surface area (Å²) < 4.78 is 28.0. The van der Waals surface area contributed by atoms with Gasteiger partial charge in [-0.1, -0.05) is 47.5 Å². The highest BCUT2D eigenvalue weighted by Gasteiger charge is 2.29. The first kappa shape index (κ1) is 21.4. The Morgan fingerprint density at radius 3 is 2.45 bits per heavy atom. The zero-order valence-corrected chi connectivity index (χ0v) is 18.7. The van der Waals surface area contributed by atoms with Crippen molar-refractivity contribution in [1.29, 1.82) is 0 Å². The van der Waals surface area contributed by atoms with Crippen molar-refractivity contribution >= 4 is 38.9 Å². The average molecular weight is 455 g/mol. The van der Waals surface area contributed by atoms with Crippen LogP contribution in [0.5, 0.6) is 0 Å². The van der Waals surface area contributed by atoms with E-state index in [-0.39, 0.29) is 17.2 Å². The van der Waals surface area contributed by atoms with E-state index in [4.69, 9.17) is 11.6 Å². The zero-order valence-electron chi connectivity index (χ0n) is 17.1. The van der Waals surface area contributed by atoms with Crippen LogP contribution >= 0.6 is 11.6 Å². The van der Waals surface area contributed by atoms with E-state index in [0.717, 1.165) is 29.5 Å². The van der Waals surface area contributed by atoms with Gasteiger partial charge in [-0.15, -0.1) is 0 Å². The van der Waals surface area contributed by atoms with E-state index in [1.165, 1.54) is 4.31 Å². The lowest BCUT2D eigenvalue weighted by Gasteiger charge is -2.31. The fourth-order valence-corrected chi connectivity index (χ4v) is 5.36. The number of benzene rings is 3. The highest BCUT2D eigenvalue weighted by atomic mass is 35.5. The maximum absolute atomic E-state index is 13.3. The van der Waals surface area contributed by atoms with Crippen LogP contribution in [0.2, 0.25) is 5.02 Å². The fourth-order valence-electron chi connectivity index (χ4n) is 3.70. The lowest BCUT2D eigenvalue weighted by atomic mass is 10.0. The number of anilines is 2. The van der Waals surface area contributed by atoms with E-state index in [1.807, 2.05) is 31.2 Å². The minimum Gasteiger partial charge on any atom is -0.326 e. The van der Waals surface area contributed by atoms with Crippen LogP contribution < -0.4 is 9.62 Å². The highest BCUT2D eigenvalue weighted by molar-refractivity contribution is 7.92. The number of nitrogens with one attached hydrogen (secondary N) is 1. The van der Waals surface area contributed by atoms with Crippen LogP contribution in [-0.2, 0) is 27.7 Å². The molecule has 0 aliphatic carbocycles. The molecule has 0 bridgehead atoms. The van der Waals surface area contributed by atoms with Gasteiger partial charge in [0.1, 0.15) is 0 Å². The zero-order chi connectivity index (χ0) is 22.0. The lowest BCUT2D eigenvalue weighted by Crippen LogP contribution is -2.35. The molecule has 1 heterocycles. The van der Waals surface area contributed by atoms with Crippen LogP contribution in [0.1, 0.15) is 23.1 Å². The highest BCUT2D eigenvalue weighted by Crippen LogP contribution is 2.34. The Morgan fingerprint density at radius 2 is 1.74 bits per heavy atom. The topological polar surface area (TPSA) is 66.5 Å². The smallest absolute Gasteiger partial charge is 0.264 e. The van der Waals surface area contributed by atoms with Gasteiger partial charge in [-0.05, 0) is 67.3 Å². The van der Waals surface area contributed by atoms with E-state index >= 15 is 0 Å². The van der Waals surface area contributed by atoms with Crippen molar-refractivity contribution in [2.45, 2.75) is 31.1 Å². The molecule has 3 aromatic carbocycles. The standard InChI is InChI=1S/C24H23ClN2O3S/c1-17-4-12-22(13-5-17)31(29,30)27-14-2-3-19-8-11-21(16-23(19)27)26-24(28)15-18-6-9-20(25)10-7-18/h4-13,16H,2-3,14-15H2,1H3,(H,26,28). The predicted molar refractivity (Wildman–Crippen MR) is 124 cm³/mol. The van der Waals surface area contributed by atoms with E-state index in [2.05, 4.69) is 5.32 Å². The molecule has 1 N–H and O–H groups in total. The summed E-state index contributed by atoms with van der Waals surface area (Å²) in [5.74, 6) is -0.175. The summed E-state index contributed by atoms with van der Waals surface area (Å²) >= 11 is 5.89. The summed E-state index contributed by atoms with van der Waals surface area (Å²) in [4.78, 5) is 12.8. The van der Waals surface area contributed by atoms with Gasteiger partial charge in [-0.2, -0.15) is 0 Å². The van der Waals surface area contributed by atoms with Crippen molar-refractivity contribution in [2.24, 2.45) is 0 Å². The molecule has 0 spiro atoms. The molecule has 0 atom stereocenters. The van der Waals surface area contributed by atoms with Crippen LogP contribution in [-0.4, -0.2) is 20.9 Å². The summed E-state index contributed by atoms with van der Waals surface area (Å²) in [6.07, 6.45) is 1.76. The molecule has 31 heavy (non-hydrogen) atoms. The molecule has 3 aromatic rings. The molecule has 4 rings (SSSR count). The lowest BCUT2D eigenvalue weighted by molar-refractivity contribution is -0.115. The Balaban J connectivity index is 1.58. The monoisotopic (exact) mass is 454 g/mol. The van der Waals surface area contributed by atoms with Gasteiger partial charge >= 0.3 is 0 Å². The van der Waals surface area contributed by atoms with Crippen LogP contribution in [0.25, 0.3) is 0 Å². The van der Waals surface area contributed by atoms with Crippen molar-refractivity contribution in [1.82, 2.24) is 0 Å². The third kappa shape index (κ3) is 4.75. The van der Waals surface area contributed by atoms with Crippen LogP contribution in [0.3, 0.4) is 0 Å². The van der Waals surface area contributed by atoms with Gasteiger partial charge in [0.25, 0.3) is 10.0 Å². The molecule has 160 valence electrons. The number of fused-ring (bicyclic) bond motifs is 1. The first-order valence-corrected chi connectivity index (χ1v) is 11.9. The largest absolute Gasteiger partial charge is 0.326 e. The minimum absolute atomic E-state index is 0.175. The van der Waals surface area contributed by atoms with Crippen molar-refractivity contribution in [3.05, 3.63) is 88.4 Å². The first-order valence-electron chi connectivity index (χ1n) is 10.1. The molecule has 0 unspecified atom stereocenters. The SMILES string of the molecule is Cc1ccc(S(=O)(=O)N2CCCc3ccc(NC(=O)Cc4ccc(Cl)cc4)cc32)cc1. The van der Waals surface area contributed by atoms with E-state index < -0.39 is 10.0 Å². The van der Waals surface area contributed by atoms with Gasteiger partial charge < -0.3 is 5.32 Å². The summed E-state index contributed by atoms with van der Waals surface area (Å²) in [7, 11) is -3.68. The maximum atomic E-state index is 13.3. The third-order valence-corrected chi connectivity index (χ3v) is 7.41. The molecule has 0 saturated heterocycles. The maximum Gasteiger partial charge on any atom is 0.264 e. The molecule has 1 aliphatic heterocycles. The molecule has 7 heteroatoms. The predicted octanol–water partition coefficient (Wildman–Crippen LogP) is 4.97. The van der Waals surface area contributed by atoms with Gasteiger partial charge in [-0.25, -0.2) is 8.42 Å². The number of hydrogen-bond acceptors (Lipinski definition) is 3. The normalized spacial score (nSPS) is 13.5. The first-order chi connectivity index (χ1) is 14.8. The van der Waals surface area contributed by atoms with Gasteiger partial charge in [-0.3, -0.25) is 9.10 Å². The van der Waals surface area contributed by atoms with E-state index in [0.29, 0.717) is 22.9 Å². The second-order valence-electron chi connectivity index (χ2n) is 7.69. The molecule has 0 fully saturated rings. The summed E-state index contributed by atoms with van der Waals surface area (Å²) in [5.41, 5.74) is 4.00. The summed E-state index contributed by atoms with van der Waals surface area (Å²) in [5, 5.41) is 3.50. The molecule has 5 nitrogen and oxygen atoms in total. The average Bonchev–Trinajstić information content (AvgIpc) is 2.75. The second kappa shape index (κ2) is 8.73. The van der Waals surface area contributed by atoms with Crippen molar-refractivity contribution in [3.8, 4) is 0 Å². The van der Waals surface area contributed by atoms with Crippen molar-refractivity contribution < 1.29 is 13.2 Å². The Hall–Kier alpha value is -2.83. The Bertz CT molecular complexity index is 1210. The number of rotatable bonds is 5. The number of hydrogen-bond donors (Lipinski definition) is 1. The van der Waals surface area contributed by atoms with Gasteiger partial charge in [0, 0.05) is 17.3 Å². The Morgan fingerprint density at radius 1 is 1.03 bits per heavy atom. The molecular weight excluding hydrogens is 432 g/mol. The Labute approximate surface area is 187 Å². The third-order valence-electron chi connectivity index (χ3n) is 5.33. The van der Waals surface area contributed by atoms with Crippen LogP contribution in [0, 0.1) is 6.92 Å². The summed E-state index contributed by atoms with van der Waals surface area (Å²) in [6, 6.07) is 19.4. The molecule has 1 aliphatic rings. The molecular formula is C24H23ClN2O3S. The van der Waals surface area contributed by atoms with Gasteiger partial charge in [0.2, 0.25) is 5.91 Å². The van der Waals surface area contributed by atoms with Crippen molar-refractivity contribution in [2.75, 3.05) is 16.2 Å². The number of sulfonamides is 1. The number of nitrogens with zero attached hydrogens (tertiary/aromatic N) is 1. The van der Waals surface area contributed by atoms with Crippen LogP contribution in [0.4, 0.5) is 11.4 Å². The van der Waals surface area contributed by atoms with E-state index in [9.17, 15) is 13.2 Å². The molecule has 0 saturated carbocycles. The van der Waals surface area contributed by atoms with E-state index in [1.54, 1.807) is 42.5 Å². The Kier molecular flexibility index (Phi) is 6.03. The molecule has 0 aromatic heterocycles. The number of amides is 1. The van der Waals surface area contributed by atoms with Crippen LogP contribution in [0.15, 0.2) is 71.6 Å². The fraction of sp³-hybridized carbons (Fsp3) is 0.208. The number of carbonyl (C=O) groups excluding carboxylic acids is 1. The quantitative estimate of drug-likeness (QED) is 0.591. The van der Waals surface area contributed by atoms with Gasteiger partial charge in [0.05, 0.1) is 17.0 Å². The number of aryl methyl sites for hydroxylation is 2. The summed E-state index contributed by atoms with van der Waals surface area (Å²) in [6.45, 7) is 2.33.